The molecule has 0 aliphatic rings. The van der Waals surface area contributed by atoms with Crippen LogP contribution in [-0.2, 0) is 0 Å². The highest BCUT2D eigenvalue weighted by molar-refractivity contribution is 6.30. The number of fused-ring (bicyclic) bond motifs is 9. The Morgan fingerprint density at radius 3 is 1.61 bits per heavy atom. The van der Waals surface area contributed by atoms with E-state index in [2.05, 4.69) is 140 Å². The fourth-order valence-corrected chi connectivity index (χ4v) is 6.91. The molecule has 0 aliphatic carbocycles. The number of hydrogen-bond donors (Lipinski definition) is 0. The predicted molar refractivity (Wildman–Crippen MR) is 175 cm³/mol. The third kappa shape index (κ3) is 3.18. The van der Waals surface area contributed by atoms with Gasteiger partial charge in [0.1, 0.15) is 11.2 Å². The van der Waals surface area contributed by atoms with Gasteiger partial charge < -0.3 is 4.42 Å². The van der Waals surface area contributed by atoms with Crippen molar-refractivity contribution in [1.82, 2.24) is 0 Å². The average molecular weight is 521 g/mol. The molecule has 1 heterocycles. The van der Waals surface area contributed by atoms with Crippen LogP contribution in [0.2, 0.25) is 0 Å². The minimum absolute atomic E-state index is 0.924. The molecule has 0 atom stereocenters. The lowest BCUT2D eigenvalue weighted by molar-refractivity contribution is 0.673. The van der Waals surface area contributed by atoms with Crippen molar-refractivity contribution in [2.75, 3.05) is 0 Å². The Kier molecular flexibility index (Phi) is 4.67. The summed E-state index contributed by atoms with van der Waals surface area (Å²) in [6.45, 7) is 0. The minimum Gasteiger partial charge on any atom is -0.455 e. The van der Waals surface area contributed by atoms with Crippen LogP contribution in [-0.4, -0.2) is 0 Å². The largest absolute Gasteiger partial charge is 0.455 e. The molecule has 0 saturated carbocycles. The zero-order chi connectivity index (χ0) is 26.9. The van der Waals surface area contributed by atoms with Crippen LogP contribution in [0.5, 0.6) is 0 Å². The van der Waals surface area contributed by atoms with Gasteiger partial charge in [-0.1, -0.05) is 127 Å². The van der Waals surface area contributed by atoms with Gasteiger partial charge in [-0.25, -0.2) is 0 Å². The Balaban J connectivity index is 1.51. The molecule has 0 bridgehead atoms. The Hall–Kier alpha value is -5.40. The SMILES string of the molecule is c1ccc(-c2c3ccccc3c(-c3cc4ccccc4c4c3ccc3c5ccccc5oc34)c3ccccc23)cc1. The van der Waals surface area contributed by atoms with Crippen LogP contribution in [0.25, 0.3) is 87.3 Å². The summed E-state index contributed by atoms with van der Waals surface area (Å²) in [6.07, 6.45) is 0. The predicted octanol–water partition coefficient (Wildman–Crippen LogP) is 11.5. The average Bonchev–Trinajstić information content (AvgIpc) is 3.42. The lowest BCUT2D eigenvalue weighted by atomic mass is 9.83. The molecular weight excluding hydrogens is 496 g/mol. The molecule has 0 radical (unpaired) electrons. The summed E-state index contributed by atoms with van der Waals surface area (Å²) in [5.41, 5.74) is 6.89. The van der Waals surface area contributed by atoms with E-state index in [1.807, 2.05) is 6.07 Å². The monoisotopic (exact) mass is 520 g/mol. The van der Waals surface area contributed by atoms with E-state index in [9.17, 15) is 0 Å². The molecule has 0 fully saturated rings. The van der Waals surface area contributed by atoms with E-state index in [1.54, 1.807) is 0 Å². The lowest BCUT2D eigenvalue weighted by Gasteiger charge is -2.19. The summed E-state index contributed by atoms with van der Waals surface area (Å²) < 4.78 is 6.62. The molecule has 9 aromatic rings. The van der Waals surface area contributed by atoms with Crippen molar-refractivity contribution in [3.05, 3.63) is 146 Å². The van der Waals surface area contributed by atoms with Crippen molar-refractivity contribution in [2.24, 2.45) is 0 Å². The molecule has 9 rings (SSSR count). The van der Waals surface area contributed by atoms with E-state index in [0.717, 1.165) is 21.9 Å². The Morgan fingerprint density at radius 2 is 0.902 bits per heavy atom. The molecular formula is C40H24O. The number of benzene rings is 8. The second kappa shape index (κ2) is 8.55. The van der Waals surface area contributed by atoms with E-state index < -0.39 is 0 Å². The van der Waals surface area contributed by atoms with Crippen molar-refractivity contribution in [2.45, 2.75) is 0 Å². The topological polar surface area (TPSA) is 13.1 Å². The first-order valence-electron chi connectivity index (χ1n) is 14.1. The lowest BCUT2D eigenvalue weighted by Crippen LogP contribution is -1.92. The molecule has 0 spiro atoms. The molecule has 0 unspecified atom stereocenters. The van der Waals surface area contributed by atoms with Gasteiger partial charge in [0.05, 0.1) is 0 Å². The first-order chi connectivity index (χ1) is 20.4. The molecule has 0 amide bonds. The van der Waals surface area contributed by atoms with Gasteiger partial charge in [-0.15, -0.1) is 0 Å². The second-order valence-corrected chi connectivity index (χ2v) is 10.8. The third-order valence-corrected chi connectivity index (χ3v) is 8.63. The second-order valence-electron chi connectivity index (χ2n) is 10.8. The Morgan fingerprint density at radius 1 is 0.366 bits per heavy atom. The van der Waals surface area contributed by atoms with Crippen LogP contribution >= 0.6 is 0 Å². The normalized spacial score (nSPS) is 11.9. The van der Waals surface area contributed by atoms with Gasteiger partial charge in [0, 0.05) is 16.2 Å². The molecule has 190 valence electrons. The van der Waals surface area contributed by atoms with Crippen LogP contribution in [0, 0.1) is 0 Å². The van der Waals surface area contributed by atoms with Gasteiger partial charge >= 0.3 is 0 Å². The van der Waals surface area contributed by atoms with Crippen molar-refractivity contribution in [3.8, 4) is 22.3 Å². The van der Waals surface area contributed by atoms with Gasteiger partial charge in [0.25, 0.3) is 0 Å². The van der Waals surface area contributed by atoms with E-state index >= 15 is 0 Å². The fourth-order valence-electron chi connectivity index (χ4n) is 6.91. The van der Waals surface area contributed by atoms with Gasteiger partial charge in [-0.3, -0.25) is 0 Å². The van der Waals surface area contributed by atoms with Gasteiger partial charge in [0.15, 0.2) is 0 Å². The van der Waals surface area contributed by atoms with Gasteiger partial charge in [0.2, 0.25) is 0 Å². The standard InChI is InChI=1S/C40H24O/c1-2-12-25(13-3-1)37-29-17-6-8-19-31(29)38(32-20-9-7-18-30(32)37)35-24-26-14-4-5-15-27(26)39-33(35)22-23-34-28-16-10-11-21-36(28)41-40(34)39/h1-24H. The molecule has 0 aliphatic heterocycles. The number of hydrogen-bond acceptors (Lipinski definition) is 1. The zero-order valence-corrected chi connectivity index (χ0v) is 22.3. The molecule has 1 heteroatoms. The third-order valence-electron chi connectivity index (χ3n) is 8.63. The molecule has 1 nitrogen and oxygen atoms in total. The summed E-state index contributed by atoms with van der Waals surface area (Å²) >= 11 is 0. The Labute approximate surface area is 236 Å². The molecule has 41 heavy (non-hydrogen) atoms. The first-order valence-corrected chi connectivity index (χ1v) is 14.1. The van der Waals surface area contributed by atoms with E-state index in [0.29, 0.717) is 0 Å². The van der Waals surface area contributed by atoms with E-state index in [1.165, 1.54) is 65.3 Å². The summed E-state index contributed by atoms with van der Waals surface area (Å²) in [5.74, 6) is 0. The van der Waals surface area contributed by atoms with Crippen molar-refractivity contribution in [1.29, 1.82) is 0 Å². The molecule has 0 saturated heterocycles. The summed E-state index contributed by atoms with van der Waals surface area (Å²) in [5, 5.41) is 12.2. The summed E-state index contributed by atoms with van der Waals surface area (Å²) in [6, 6.07) is 52.5. The maximum Gasteiger partial charge on any atom is 0.143 e. The molecule has 1 aromatic heterocycles. The zero-order valence-electron chi connectivity index (χ0n) is 22.3. The maximum atomic E-state index is 6.62. The van der Waals surface area contributed by atoms with Crippen LogP contribution in [0.1, 0.15) is 0 Å². The van der Waals surface area contributed by atoms with Gasteiger partial charge in [-0.05, 0) is 78.2 Å². The van der Waals surface area contributed by atoms with Crippen molar-refractivity contribution >= 4 is 65.0 Å². The highest BCUT2D eigenvalue weighted by atomic mass is 16.3. The number of para-hydroxylation sites is 1. The van der Waals surface area contributed by atoms with E-state index in [4.69, 9.17) is 4.42 Å². The summed E-state index contributed by atoms with van der Waals surface area (Å²) in [7, 11) is 0. The van der Waals surface area contributed by atoms with Crippen LogP contribution < -0.4 is 0 Å². The fraction of sp³-hybridized carbons (Fsp3) is 0. The van der Waals surface area contributed by atoms with Crippen LogP contribution in [0.3, 0.4) is 0 Å². The van der Waals surface area contributed by atoms with Crippen molar-refractivity contribution < 1.29 is 4.42 Å². The highest BCUT2D eigenvalue weighted by Crippen LogP contribution is 2.48. The quantitative estimate of drug-likeness (QED) is 0.163. The highest BCUT2D eigenvalue weighted by Gasteiger charge is 2.21. The maximum absolute atomic E-state index is 6.62. The van der Waals surface area contributed by atoms with E-state index in [-0.39, 0.29) is 0 Å². The number of rotatable bonds is 2. The van der Waals surface area contributed by atoms with Crippen LogP contribution in [0.15, 0.2) is 150 Å². The summed E-state index contributed by atoms with van der Waals surface area (Å²) in [4.78, 5) is 0. The molecule has 8 aromatic carbocycles. The smallest absolute Gasteiger partial charge is 0.143 e. The number of furan rings is 1. The minimum atomic E-state index is 0.924. The first kappa shape index (κ1) is 22.4. The van der Waals surface area contributed by atoms with Crippen molar-refractivity contribution in [3.63, 3.8) is 0 Å². The Bertz CT molecular complexity index is 2410. The molecule has 0 N–H and O–H groups in total. The van der Waals surface area contributed by atoms with Crippen LogP contribution in [0.4, 0.5) is 0 Å². The van der Waals surface area contributed by atoms with Gasteiger partial charge in [-0.2, -0.15) is 0 Å².